The molecule has 0 bridgehead atoms. The van der Waals surface area contributed by atoms with E-state index in [1.807, 2.05) is 24.3 Å². The maximum atomic E-state index is 11.2. The second-order valence-electron chi connectivity index (χ2n) is 4.67. The Kier molecular flexibility index (Phi) is 3.94. The highest BCUT2D eigenvalue weighted by Gasteiger charge is 2.35. The lowest BCUT2D eigenvalue weighted by Crippen LogP contribution is -2.48. The minimum Gasteiger partial charge on any atom is -0.399 e. The minimum absolute atomic E-state index is 0.157. The molecule has 1 aliphatic rings. The molecule has 98 valence electrons. The van der Waals surface area contributed by atoms with Crippen LogP contribution in [0.25, 0.3) is 0 Å². The number of rotatable bonds is 3. The van der Waals surface area contributed by atoms with Crippen LogP contribution in [0.5, 0.6) is 0 Å². The molecule has 0 spiro atoms. The van der Waals surface area contributed by atoms with Gasteiger partial charge in [-0.15, -0.1) is 12.6 Å². The zero-order chi connectivity index (χ0) is 13.2. The normalized spacial score (nSPS) is 25.0. The van der Waals surface area contributed by atoms with E-state index in [-0.39, 0.29) is 5.78 Å². The first-order chi connectivity index (χ1) is 8.49. The van der Waals surface area contributed by atoms with Crippen molar-refractivity contribution in [2.24, 2.45) is 0 Å². The second-order valence-corrected chi connectivity index (χ2v) is 5.39. The largest absolute Gasteiger partial charge is 0.399 e. The van der Waals surface area contributed by atoms with Crippen molar-refractivity contribution in [3.63, 3.8) is 0 Å². The predicted octanol–water partition coefficient (Wildman–Crippen LogP) is 1.27. The number of ketones is 1. The third-order valence-corrected chi connectivity index (χ3v) is 3.52. The van der Waals surface area contributed by atoms with Gasteiger partial charge in [-0.1, -0.05) is 12.1 Å². The van der Waals surface area contributed by atoms with E-state index in [0.717, 1.165) is 12.1 Å². The van der Waals surface area contributed by atoms with Crippen LogP contribution >= 0.6 is 12.6 Å². The maximum Gasteiger partial charge on any atom is 0.149 e. The Balaban J connectivity index is 2.14. The van der Waals surface area contributed by atoms with Crippen molar-refractivity contribution >= 4 is 24.1 Å². The van der Waals surface area contributed by atoms with E-state index in [1.165, 1.54) is 0 Å². The Bertz CT molecular complexity index is 435. The summed E-state index contributed by atoms with van der Waals surface area (Å²) in [7, 11) is 0. The smallest absolute Gasteiger partial charge is 0.149 e. The average molecular weight is 266 g/mol. The van der Waals surface area contributed by atoms with Gasteiger partial charge in [-0.3, -0.25) is 9.69 Å². The van der Waals surface area contributed by atoms with Gasteiger partial charge in [0.2, 0.25) is 0 Å². The number of Topliss-reactive ketones (excluding diaryl/α,β-unsaturated/α-hetero) is 1. The van der Waals surface area contributed by atoms with Gasteiger partial charge in [-0.2, -0.15) is 0 Å². The number of nitrogens with two attached hydrogens (primary N) is 1. The summed E-state index contributed by atoms with van der Waals surface area (Å²) >= 11 is 4.64. The molecule has 5 heteroatoms. The maximum absolute atomic E-state index is 11.2. The number of ether oxygens (including phenoxy) is 1. The number of hydrogen-bond acceptors (Lipinski definition) is 5. The van der Waals surface area contributed by atoms with Crippen molar-refractivity contribution in [3.05, 3.63) is 29.8 Å². The van der Waals surface area contributed by atoms with Crippen LogP contribution in [0.3, 0.4) is 0 Å². The van der Waals surface area contributed by atoms with Gasteiger partial charge < -0.3 is 10.5 Å². The van der Waals surface area contributed by atoms with Crippen LogP contribution in [0.15, 0.2) is 24.3 Å². The standard InChI is InChI=1S/C13H18N2O2S/c1-10(16)8-15-6-7-17-13(18,9-15)11-2-4-12(14)5-3-11/h2-5,18H,6-9,14H2,1H3. The van der Waals surface area contributed by atoms with Gasteiger partial charge in [0.15, 0.2) is 0 Å². The highest BCUT2D eigenvalue weighted by atomic mass is 32.1. The molecule has 1 fully saturated rings. The van der Waals surface area contributed by atoms with Gasteiger partial charge in [0.1, 0.15) is 10.7 Å². The lowest BCUT2D eigenvalue weighted by molar-refractivity contribution is -0.121. The number of hydrogen-bond donors (Lipinski definition) is 2. The Morgan fingerprint density at radius 2 is 2.17 bits per heavy atom. The molecule has 18 heavy (non-hydrogen) atoms. The van der Waals surface area contributed by atoms with Crippen LogP contribution in [0.2, 0.25) is 0 Å². The quantitative estimate of drug-likeness (QED) is 0.639. The molecule has 1 aromatic rings. The summed E-state index contributed by atoms with van der Waals surface area (Å²) in [5.74, 6) is 0.157. The van der Waals surface area contributed by atoms with Gasteiger partial charge in [-0.25, -0.2) is 0 Å². The summed E-state index contributed by atoms with van der Waals surface area (Å²) in [5, 5.41) is 0. The highest BCUT2D eigenvalue weighted by Crippen LogP contribution is 2.33. The number of thiol groups is 1. The molecule has 4 nitrogen and oxygen atoms in total. The molecular formula is C13H18N2O2S. The molecule has 1 atom stereocenters. The van der Waals surface area contributed by atoms with Crippen LogP contribution in [0.4, 0.5) is 5.69 Å². The van der Waals surface area contributed by atoms with Crippen molar-refractivity contribution in [1.29, 1.82) is 0 Å². The Labute approximate surface area is 113 Å². The number of carbonyl (C=O) groups excluding carboxylic acids is 1. The van der Waals surface area contributed by atoms with Gasteiger partial charge in [0.25, 0.3) is 0 Å². The van der Waals surface area contributed by atoms with Crippen molar-refractivity contribution in [3.8, 4) is 0 Å². The summed E-state index contributed by atoms with van der Waals surface area (Å²) in [5.41, 5.74) is 7.35. The van der Waals surface area contributed by atoms with Crippen molar-refractivity contribution in [1.82, 2.24) is 4.90 Å². The van der Waals surface area contributed by atoms with Gasteiger partial charge in [0, 0.05) is 18.8 Å². The molecule has 1 aliphatic heterocycles. The molecule has 0 radical (unpaired) electrons. The summed E-state index contributed by atoms with van der Waals surface area (Å²) in [6.45, 7) is 3.97. The highest BCUT2D eigenvalue weighted by molar-refractivity contribution is 7.81. The molecule has 2 rings (SSSR count). The second kappa shape index (κ2) is 5.30. The number of nitrogens with zero attached hydrogens (tertiary/aromatic N) is 1. The predicted molar refractivity (Wildman–Crippen MR) is 74.6 cm³/mol. The zero-order valence-corrected chi connectivity index (χ0v) is 11.3. The van der Waals surface area contributed by atoms with E-state index in [2.05, 4.69) is 17.5 Å². The monoisotopic (exact) mass is 266 g/mol. The first-order valence-corrected chi connectivity index (χ1v) is 6.38. The molecule has 0 saturated carbocycles. The third kappa shape index (κ3) is 3.04. The van der Waals surface area contributed by atoms with E-state index in [9.17, 15) is 4.79 Å². The Morgan fingerprint density at radius 3 is 2.78 bits per heavy atom. The van der Waals surface area contributed by atoms with Crippen LogP contribution in [0.1, 0.15) is 12.5 Å². The van der Waals surface area contributed by atoms with Crippen LogP contribution in [-0.2, 0) is 14.5 Å². The zero-order valence-electron chi connectivity index (χ0n) is 10.4. The Morgan fingerprint density at radius 1 is 1.50 bits per heavy atom. The van der Waals surface area contributed by atoms with Gasteiger partial charge in [0.05, 0.1) is 13.2 Å². The average Bonchev–Trinajstić information content (AvgIpc) is 2.28. The van der Waals surface area contributed by atoms with Gasteiger partial charge in [-0.05, 0) is 24.6 Å². The number of benzene rings is 1. The summed E-state index contributed by atoms with van der Waals surface area (Å²) in [6.07, 6.45) is 0. The molecule has 0 amide bonds. The first kappa shape index (κ1) is 13.4. The van der Waals surface area contributed by atoms with E-state index in [0.29, 0.717) is 25.4 Å². The van der Waals surface area contributed by atoms with E-state index >= 15 is 0 Å². The Hall–Kier alpha value is -1.04. The van der Waals surface area contributed by atoms with Crippen LogP contribution in [0, 0.1) is 0 Å². The molecule has 0 aliphatic carbocycles. The fourth-order valence-electron chi connectivity index (χ4n) is 2.14. The molecule has 1 saturated heterocycles. The number of nitrogen functional groups attached to an aromatic ring is 1. The number of carbonyl (C=O) groups is 1. The van der Waals surface area contributed by atoms with E-state index in [1.54, 1.807) is 6.92 Å². The fraction of sp³-hybridized carbons (Fsp3) is 0.462. The number of anilines is 1. The molecule has 1 aromatic carbocycles. The van der Waals surface area contributed by atoms with Crippen LogP contribution < -0.4 is 5.73 Å². The summed E-state index contributed by atoms with van der Waals surface area (Å²) in [4.78, 5) is 12.6. The lowest BCUT2D eigenvalue weighted by atomic mass is 10.1. The van der Waals surface area contributed by atoms with Crippen LogP contribution in [-0.4, -0.2) is 36.9 Å². The number of morpholine rings is 1. The van der Waals surface area contributed by atoms with Gasteiger partial charge >= 0.3 is 0 Å². The molecule has 2 N–H and O–H groups in total. The lowest BCUT2D eigenvalue weighted by Gasteiger charge is -2.39. The molecular weight excluding hydrogens is 248 g/mol. The third-order valence-electron chi connectivity index (χ3n) is 2.99. The van der Waals surface area contributed by atoms with Crippen molar-refractivity contribution < 1.29 is 9.53 Å². The fourth-order valence-corrected chi connectivity index (χ4v) is 2.58. The molecule has 0 aromatic heterocycles. The minimum atomic E-state index is -0.665. The molecule has 1 heterocycles. The van der Waals surface area contributed by atoms with Crippen molar-refractivity contribution in [2.45, 2.75) is 11.9 Å². The first-order valence-electron chi connectivity index (χ1n) is 5.94. The van der Waals surface area contributed by atoms with Crippen molar-refractivity contribution in [2.75, 3.05) is 32.0 Å². The topological polar surface area (TPSA) is 55.6 Å². The SMILES string of the molecule is CC(=O)CN1CCOC(S)(c2ccc(N)cc2)C1. The van der Waals surface area contributed by atoms with E-state index in [4.69, 9.17) is 10.5 Å². The summed E-state index contributed by atoms with van der Waals surface area (Å²) < 4.78 is 5.77. The summed E-state index contributed by atoms with van der Waals surface area (Å²) in [6, 6.07) is 7.50. The molecule has 1 unspecified atom stereocenters. The van der Waals surface area contributed by atoms with E-state index < -0.39 is 4.93 Å².